The number of thiophene rings is 1. The Morgan fingerprint density at radius 1 is 1.20 bits per heavy atom. The van der Waals surface area contributed by atoms with Crippen LogP contribution in [0.25, 0.3) is 21.7 Å². The highest BCUT2D eigenvalue weighted by Crippen LogP contribution is 2.31. The first-order valence-electron chi connectivity index (χ1n) is 6.62. The molecule has 5 nitrogen and oxygen atoms in total. The molecule has 20 heavy (non-hydrogen) atoms. The van der Waals surface area contributed by atoms with Crippen LogP contribution in [0.1, 0.15) is 18.7 Å². The van der Waals surface area contributed by atoms with E-state index < -0.39 is 0 Å². The number of nitrogens with one attached hydrogen (secondary N) is 1. The maximum absolute atomic E-state index is 4.62. The SMILES string of the molecule is CCNc1nc(-c2cnccn2)nc2sc(CC)cc12. The Morgan fingerprint density at radius 2 is 2.10 bits per heavy atom. The van der Waals surface area contributed by atoms with Gasteiger partial charge in [0, 0.05) is 23.8 Å². The molecule has 0 aliphatic heterocycles. The molecule has 0 spiro atoms. The lowest BCUT2D eigenvalue weighted by atomic mass is 10.3. The third kappa shape index (κ3) is 2.34. The molecule has 0 saturated heterocycles. The van der Waals surface area contributed by atoms with Crippen molar-refractivity contribution in [2.24, 2.45) is 0 Å². The highest BCUT2D eigenvalue weighted by atomic mass is 32.1. The minimum atomic E-state index is 0.617. The van der Waals surface area contributed by atoms with Crippen LogP contribution in [-0.2, 0) is 6.42 Å². The molecule has 0 bridgehead atoms. The van der Waals surface area contributed by atoms with Crippen molar-refractivity contribution < 1.29 is 0 Å². The second-order valence-corrected chi connectivity index (χ2v) is 5.42. The Hall–Kier alpha value is -2.08. The van der Waals surface area contributed by atoms with Gasteiger partial charge < -0.3 is 5.32 Å². The van der Waals surface area contributed by atoms with Crippen LogP contribution in [0.2, 0.25) is 0 Å². The number of aryl methyl sites for hydroxylation is 1. The van der Waals surface area contributed by atoms with Gasteiger partial charge in [-0.3, -0.25) is 4.98 Å². The second kappa shape index (κ2) is 5.50. The number of hydrogen-bond donors (Lipinski definition) is 1. The van der Waals surface area contributed by atoms with Crippen molar-refractivity contribution in [3.63, 3.8) is 0 Å². The molecule has 3 heterocycles. The van der Waals surface area contributed by atoms with Crippen LogP contribution >= 0.6 is 11.3 Å². The summed E-state index contributed by atoms with van der Waals surface area (Å²) in [6.45, 7) is 5.03. The quantitative estimate of drug-likeness (QED) is 0.798. The molecule has 0 saturated carbocycles. The minimum absolute atomic E-state index is 0.617. The zero-order chi connectivity index (χ0) is 13.9. The molecule has 1 N–H and O–H groups in total. The minimum Gasteiger partial charge on any atom is -0.370 e. The first-order valence-corrected chi connectivity index (χ1v) is 7.44. The van der Waals surface area contributed by atoms with E-state index in [1.165, 1.54) is 4.88 Å². The summed E-state index contributed by atoms with van der Waals surface area (Å²) in [5.41, 5.74) is 0.694. The zero-order valence-electron chi connectivity index (χ0n) is 11.4. The molecular formula is C14H15N5S. The molecular weight excluding hydrogens is 270 g/mol. The van der Waals surface area contributed by atoms with Gasteiger partial charge in [0.25, 0.3) is 0 Å². The fourth-order valence-corrected chi connectivity index (χ4v) is 2.94. The highest BCUT2D eigenvalue weighted by Gasteiger charge is 2.12. The summed E-state index contributed by atoms with van der Waals surface area (Å²) in [4.78, 5) is 19.9. The first-order chi connectivity index (χ1) is 9.81. The molecule has 0 aromatic carbocycles. The normalized spacial score (nSPS) is 10.9. The standard InChI is InChI=1S/C14H15N5S/c1-3-9-7-10-12(16-4-2)18-13(19-14(10)20-9)11-8-15-5-6-17-11/h5-8H,3-4H2,1-2H3,(H,16,18,19). The third-order valence-corrected chi connectivity index (χ3v) is 4.10. The number of anilines is 1. The Morgan fingerprint density at radius 3 is 2.80 bits per heavy atom. The van der Waals surface area contributed by atoms with Crippen molar-refractivity contribution in [3.8, 4) is 11.5 Å². The van der Waals surface area contributed by atoms with Crippen LogP contribution < -0.4 is 5.32 Å². The summed E-state index contributed by atoms with van der Waals surface area (Å²) in [5.74, 6) is 1.49. The van der Waals surface area contributed by atoms with E-state index in [4.69, 9.17) is 0 Å². The Balaban J connectivity index is 2.19. The summed E-state index contributed by atoms with van der Waals surface area (Å²) in [6.07, 6.45) is 5.99. The fourth-order valence-electron chi connectivity index (χ4n) is 1.98. The van der Waals surface area contributed by atoms with Crippen LogP contribution in [0, 0.1) is 0 Å². The largest absolute Gasteiger partial charge is 0.370 e. The average Bonchev–Trinajstić information content (AvgIpc) is 2.92. The van der Waals surface area contributed by atoms with E-state index in [2.05, 4.69) is 45.2 Å². The number of hydrogen-bond acceptors (Lipinski definition) is 6. The van der Waals surface area contributed by atoms with Crippen LogP contribution in [0.4, 0.5) is 5.82 Å². The van der Waals surface area contributed by atoms with Gasteiger partial charge in [0.1, 0.15) is 16.3 Å². The van der Waals surface area contributed by atoms with Crippen LogP contribution in [0.3, 0.4) is 0 Å². The molecule has 0 unspecified atom stereocenters. The smallest absolute Gasteiger partial charge is 0.183 e. The number of fused-ring (bicyclic) bond motifs is 1. The second-order valence-electron chi connectivity index (χ2n) is 4.30. The van der Waals surface area contributed by atoms with Gasteiger partial charge >= 0.3 is 0 Å². The van der Waals surface area contributed by atoms with E-state index in [0.717, 1.165) is 29.0 Å². The maximum Gasteiger partial charge on any atom is 0.183 e. The Labute approximate surface area is 121 Å². The summed E-state index contributed by atoms with van der Waals surface area (Å²) in [6, 6.07) is 2.17. The summed E-state index contributed by atoms with van der Waals surface area (Å²) in [5, 5.41) is 4.39. The predicted molar refractivity (Wildman–Crippen MR) is 82.0 cm³/mol. The van der Waals surface area contributed by atoms with E-state index in [9.17, 15) is 0 Å². The van der Waals surface area contributed by atoms with Gasteiger partial charge in [-0.05, 0) is 19.4 Å². The van der Waals surface area contributed by atoms with E-state index in [-0.39, 0.29) is 0 Å². The molecule has 0 fully saturated rings. The molecule has 3 aromatic heterocycles. The molecule has 3 aromatic rings. The van der Waals surface area contributed by atoms with E-state index in [0.29, 0.717) is 11.5 Å². The first kappa shape index (κ1) is 12.9. The van der Waals surface area contributed by atoms with Gasteiger partial charge in [-0.1, -0.05) is 6.92 Å². The molecule has 0 radical (unpaired) electrons. The van der Waals surface area contributed by atoms with E-state index in [1.807, 2.05) is 0 Å². The van der Waals surface area contributed by atoms with Crippen molar-refractivity contribution in [1.29, 1.82) is 0 Å². The summed E-state index contributed by atoms with van der Waals surface area (Å²) >= 11 is 1.71. The summed E-state index contributed by atoms with van der Waals surface area (Å²) in [7, 11) is 0. The molecule has 0 atom stereocenters. The topological polar surface area (TPSA) is 63.6 Å². The lowest BCUT2D eigenvalue weighted by Crippen LogP contribution is -2.02. The Kier molecular flexibility index (Phi) is 3.56. The average molecular weight is 285 g/mol. The maximum atomic E-state index is 4.62. The van der Waals surface area contributed by atoms with Crippen molar-refractivity contribution in [3.05, 3.63) is 29.5 Å². The van der Waals surface area contributed by atoms with Gasteiger partial charge in [-0.2, -0.15) is 0 Å². The van der Waals surface area contributed by atoms with Crippen LogP contribution in [0.15, 0.2) is 24.7 Å². The lowest BCUT2D eigenvalue weighted by molar-refractivity contribution is 1.11. The lowest BCUT2D eigenvalue weighted by Gasteiger charge is -2.06. The van der Waals surface area contributed by atoms with Crippen LogP contribution in [-0.4, -0.2) is 26.5 Å². The zero-order valence-corrected chi connectivity index (χ0v) is 12.2. The van der Waals surface area contributed by atoms with Gasteiger partial charge in [-0.25, -0.2) is 15.0 Å². The van der Waals surface area contributed by atoms with Crippen LogP contribution in [0.5, 0.6) is 0 Å². The van der Waals surface area contributed by atoms with Crippen molar-refractivity contribution in [2.75, 3.05) is 11.9 Å². The monoisotopic (exact) mass is 285 g/mol. The molecule has 0 aliphatic carbocycles. The fraction of sp³-hybridized carbons (Fsp3) is 0.286. The van der Waals surface area contributed by atoms with Gasteiger partial charge in [0.15, 0.2) is 5.82 Å². The van der Waals surface area contributed by atoms with E-state index in [1.54, 1.807) is 29.9 Å². The third-order valence-electron chi connectivity index (χ3n) is 2.93. The number of aromatic nitrogens is 4. The molecule has 0 amide bonds. The number of nitrogens with zero attached hydrogens (tertiary/aromatic N) is 4. The Bertz CT molecular complexity index is 723. The summed E-state index contributed by atoms with van der Waals surface area (Å²) < 4.78 is 0. The van der Waals surface area contributed by atoms with Gasteiger partial charge in [-0.15, -0.1) is 11.3 Å². The molecule has 0 aliphatic rings. The van der Waals surface area contributed by atoms with Gasteiger partial charge in [0.2, 0.25) is 0 Å². The van der Waals surface area contributed by atoms with Crippen molar-refractivity contribution in [1.82, 2.24) is 19.9 Å². The van der Waals surface area contributed by atoms with Gasteiger partial charge in [0.05, 0.1) is 11.6 Å². The van der Waals surface area contributed by atoms with Crippen molar-refractivity contribution in [2.45, 2.75) is 20.3 Å². The molecule has 6 heteroatoms. The number of rotatable bonds is 4. The highest BCUT2D eigenvalue weighted by molar-refractivity contribution is 7.18. The molecule has 102 valence electrons. The predicted octanol–water partition coefficient (Wildman–Crippen LogP) is 3.14. The van der Waals surface area contributed by atoms with E-state index >= 15 is 0 Å². The van der Waals surface area contributed by atoms with Crippen molar-refractivity contribution >= 4 is 27.4 Å². The molecule has 3 rings (SSSR count).